The van der Waals surface area contributed by atoms with Gasteiger partial charge in [-0.3, -0.25) is 20.0 Å². The van der Waals surface area contributed by atoms with Crippen molar-refractivity contribution in [2.75, 3.05) is 13.1 Å². The minimum atomic E-state index is -0.173. The van der Waals surface area contributed by atoms with Crippen LogP contribution in [-0.2, 0) is 7.05 Å². The van der Waals surface area contributed by atoms with Gasteiger partial charge >= 0.3 is 0 Å². The van der Waals surface area contributed by atoms with Crippen molar-refractivity contribution in [1.29, 1.82) is 0 Å². The number of hydrogen-bond donors (Lipinski definition) is 1. The number of nitrogens with one attached hydrogen (secondary N) is 1. The molecule has 6 nitrogen and oxygen atoms in total. The second-order valence-electron chi connectivity index (χ2n) is 6.41. The lowest BCUT2D eigenvalue weighted by Gasteiger charge is -2.27. The first-order valence-electron chi connectivity index (χ1n) is 8.58. The summed E-state index contributed by atoms with van der Waals surface area (Å²) in [6, 6.07) is 17.7. The Morgan fingerprint density at radius 3 is 2.81 bits per heavy atom. The Bertz CT molecular complexity index is 1110. The fraction of sp³-hybridized carbons (Fsp3) is 0.150. The number of rotatable bonds is 1. The topological polar surface area (TPSA) is 62.0 Å². The number of para-hydroxylation sites is 2. The smallest absolute Gasteiger partial charge is 0.274 e. The molecule has 26 heavy (non-hydrogen) atoms. The first kappa shape index (κ1) is 14.9. The van der Waals surface area contributed by atoms with E-state index < -0.39 is 0 Å². The third-order valence-corrected chi connectivity index (χ3v) is 4.88. The largest absolute Gasteiger partial charge is 0.340 e. The lowest BCUT2D eigenvalue weighted by Crippen LogP contribution is -2.47. The number of carbonyl (C=O) groups is 1. The molecule has 0 radical (unpaired) electrons. The normalized spacial score (nSPS) is 15.3. The summed E-state index contributed by atoms with van der Waals surface area (Å²) >= 11 is 0. The number of aryl methyl sites for hydroxylation is 1. The van der Waals surface area contributed by atoms with Crippen LogP contribution in [0.1, 0.15) is 16.1 Å². The van der Waals surface area contributed by atoms with Gasteiger partial charge in [0.05, 0.1) is 12.2 Å². The van der Waals surface area contributed by atoms with Crippen molar-refractivity contribution < 1.29 is 4.79 Å². The van der Waals surface area contributed by atoms with Crippen LogP contribution in [0.25, 0.3) is 10.9 Å². The predicted molar refractivity (Wildman–Crippen MR) is 102 cm³/mol. The summed E-state index contributed by atoms with van der Waals surface area (Å²) in [7, 11) is 1.90. The van der Waals surface area contributed by atoms with Gasteiger partial charge in [-0.1, -0.05) is 30.3 Å². The molecule has 3 heterocycles. The van der Waals surface area contributed by atoms with Crippen molar-refractivity contribution in [3.8, 4) is 0 Å². The number of guanidine groups is 1. The van der Waals surface area contributed by atoms with Crippen LogP contribution in [0.3, 0.4) is 0 Å². The number of amides is 1. The summed E-state index contributed by atoms with van der Waals surface area (Å²) in [6.45, 7) is 1.42. The van der Waals surface area contributed by atoms with Crippen LogP contribution in [0.4, 0.5) is 5.69 Å². The molecule has 1 N–H and O–H groups in total. The second kappa shape index (κ2) is 5.56. The minimum Gasteiger partial charge on any atom is -0.340 e. The lowest BCUT2D eigenvalue weighted by atomic mass is 10.1. The number of amidine groups is 1. The van der Waals surface area contributed by atoms with Crippen LogP contribution in [0.2, 0.25) is 0 Å². The van der Waals surface area contributed by atoms with Crippen LogP contribution in [0.5, 0.6) is 0 Å². The van der Waals surface area contributed by atoms with E-state index in [2.05, 4.69) is 15.3 Å². The number of aromatic nitrogens is 1. The first-order valence-corrected chi connectivity index (χ1v) is 8.58. The highest BCUT2D eigenvalue weighted by Gasteiger charge is 2.30. The van der Waals surface area contributed by atoms with Gasteiger partial charge in [0.1, 0.15) is 11.5 Å². The number of benzene rings is 2. The van der Waals surface area contributed by atoms with Gasteiger partial charge in [0.25, 0.3) is 5.91 Å². The van der Waals surface area contributed by atoms with Gasteiger partial charge in [-0.15, -0.1) is 0 Å². The van der Waals surface area contributed by atoms with Crippen molar-refractivity contribution in [2.45, 2.75) is 0 Å². The van der Waals surface area contributed by atoms with E-state index in [-0.39, 0.29) is 5.91 Å². The third kappa shape index (κ3) is 2.15. The molecule has 1 aromatic heterocycles. The van der Waals surface area contributed by atoms with Crippen LogP contribution in [0.15, 0.2) is 64.6 Å². The van der Waals surface area contributed by atoms with Crippen molar-refractivity contribution in [3.05, 3.63) is 65.9 Å². The molecule has 3 aromatic rings. The fourth-order valence-corrected chi connectivity index (χ4v) is 3.59. The summed E-state index contributed by atoms with van der Waals surface area (Å²) in [5.74, 6) is 1.24. The zero-order chi connectivity index (χ0) is 17.7. The standard InChI is InChI=1S/C20H17N5O/c1-24-16-9-5-2-6-13(16)12-17(24)19(26)23-20-22-15-8-4-3-7-14(15)18-21-10-11-25(18)20/h2-9,12H,10-11H2,1H3,(H,22,23,26). The average molecular weight is 343 g/mol. The van der Waals surface area contributed by atoms with Gasteiger partial charge in [-0.2, -0.15) is 0 Å². The summed E-state index contributed by atoms with van der Waals surface area (Å²) in [5, 5.41) is 4.03. The average Bonchev–Trinajstić information content (AvgIpc) is 3.28. The van der Waals surface area contributed by atoms with E-state index in [1.54, 1.807) is 0 Å². The van der Waals surface area contributed by atoms with E-state index in [4.69, 9.17) is 0 Å². The molecular formula is C20H17N5O. The molecule has 2 aromatic carbocycles. The number of nitrogens with zero attached hydrogens (tertiary/aromatic N) is 4. The van der Waals surface area contributed by atoms with Crippen LogP contribution in [0, 0.1) is 0 Å². The minimum absolute atomic E-state index is 0.173. The van der Waals surface area contributed by atoms with Crippen molar-refractivity contribution in [1.82, 2.24) is 14.8 Å². The molecule has 0 bridgehead atoms. The fourth-order valence-electron chi connectivity index (χ4n) is 3.59. The van der Waals surface area contributed by atoms with Crippen LogP contribution >= 0.6 is 0 Å². The van der Waals surface area contributed by atoms with Crippen LogP contribution in [-0.4, -0.2) is 40.3 Å². The Labute approximate surface area is 150 Å². The van der Waals surface area contributed by atoms with Crippen molar-refractivity contribution in [3.63, 3.8) is 0 Å². The predicted octanol–water partition coefficient (Wildman–Crippen LogP) is 2.67. The molecule has 0 fully saturated rings. The van der Waals surface area contributed by atoms with E-state index in [1.165, 1.54) is 0 Å². The molecule has 0 saturated carbocycles. The maximum Gasteiger partial charge on any atom is 0.274 e. The quantitative estimate of drug-likeness (QED) is 0.738. The van der Waals surface area contributed by atoms with E-state index in [1.807, 2.05) is 71.1 Å². The molecule has 0 saturated heterocycles. The molecular weight excluding hydrogens is 326 g/mol. The van der Waals surface area contributed by atoms with Gasteiger partial charge in [0, 0.05) is 30.1 Å². The highest BCUT2D eigenvalue weighted by atomic mass is 16.2. The molecule has 6 heteroatoms. The van der Waals surface area contributed by atoms with Crippen molar-refractivity contribution in [2.24, 2.45) is 17.0 Å². The van der Waals surface area contributed by atoms with E-state index in [0.717, 1.165) is 34.5 Å². The molecule has 2 aliphatic rings. The maximum absolute atomic E-state index is 12.9. The first-order chi connectivity index (χ1) is 12.7. The van der Waals surface area contributed by atoms with Crippen molar-refractivity contribution >= 4 is 34.3 Å². The summed E-state index contributed by atoms with van der Waals surface area (Å²) in [6.07, 6.45) is 0. The third-order valence-electron chi connectivity index (χ3n) is 4.88. The Morgan fingerprint density at radius 2 is 1.92 bits per heavy atom. The summed E-state index contributed by atoms with van der Waals surface area (Å²) in [4.78, 5) is 24.1. The maximum atomic E-state index is 12.9. The van der Waals surface area contributed by atoms with Gasteiger partial charge in [-0.25, -0.2) is 4.99 Å². The summed E-state index contributed by atoms with van der Waals surface area (Å²) in [5.41, 5.74) is 3.46. The van der Waals surface area contributed by atoms with E-state index in [9.17, 15) is 4.79 Å². The Hall–Kier alpha value is -3.41. The molecule has 0 atom stereocenters. The van der Waals surface area contributed by atoms with Gasteiger partial charge in [0.15, 0.2) is 0 Å². The summed E-state index contributed by atoms with van der Waals surface area (Å²) < 4.78 is 1.90. The number of carbonyl (C=O) groups excluding carboxylic acids is 1. The molecule has 0 unspecified atom stereocenters. The molecule has 5 rings (SSSR count). The van der Waals surface area contributed by atoms with Gasteiger partial charge in [0.2, 0.25) is 5.96 Å². The highest BCUT2D eigenvalue weighted by Crippen LogP contribution is 2.28. The van der Waals surface area contributed by atoms with E-state index >= 15 is 0 Å². The Kier molecular flexibility index (Phi) is 3.18. The number of aliphatic imine (C=N–C) groups is 2. The van der Waals surface area contributed by atoms with Gasteiger partial charge < -0.3 is 4.57 Å². The second-order valence-corrected chi connectivity index (χ2v) is 6.41. The number of fused-ring (bicyclic) bond motifs is 4. The SMILES string of the molecule is Cn1c(C(=O)NC2=Nc3ccccc3C3=NCCN23)cc2ccccc21. The lowest BCUT2D eigenvalue weighted by molar-refractivity contribution is 0.0966. The molecule has 0 aliphatic carbocycles. The zero-order valence-corrected chi connectivity index (χ0v) is 14.3. The van der Waals surface area contributed by atoms with Gasteiger partial charge in [-0.05, 0) is 24.3 Å². The highest BCUT2D eigenvalue weighted by molar-refractivity contribution is 6.19. The van der Waals surface area contributed by atoms with E-state index in [0.29, 0.717) is 18.2 Å². The molecule has 1 amide bonds. The molecule has 0 spiro atoms. The molecule has 2 aliphatic heterocycles. The monoisotopic (exact) mass is 343 g/mol. The number of hydrogen-bond acceptors (Lipinski definition) is 4. The Morgan fingerprint density at radius 1 is 1.12 bits per heavy atom. The Balaban J connectivity index is 1.53. The zero-order valence-electron chi connectivity index (χ0n) is 14.3. The molecule has 128 valence electrons. The van der Waals surface area contributed by atoms with Crippen LogP contribution < -0.4 is 5.32 Å².